The summed E-state index contributed by atoms with van der Waals surface area (Å²) in [5.74, 6) is 0.779. The van der Waals surface area contributed by atoms with Crippen molar-refractivity contribution in [3.8, 4) is 0 Å². The van der Waals surface area contributed by atoms with Gasteiger partial charge in [0.25, 0.3) is 0 Å². The van der Waals surface area contributed by atoms with E-state index in [1.54, 1.807) is 0 Å². The molecule has 1 heterocycles. The van der Waals surface area contributed by atoms with Gasteiger partial charge in [-0.05, 0) is 56.5 Å². The third kappa shape index (κ3) is 3.97. The molecule has 1 amide bonds. The highest BCUT2D eigenvalue weighted by Gasteiger charge is 2.15. The molecule has 110 valence electrons. The maximum absolute atomic E-state index is 12.0. The lowest BCUT2D eigenvalue weighted by Crippen LogP contribution is -2.16. The molecule has 1 aromatic rings. The maximum atomic E-state index is 12.0. The lowest BCUT2D eigenvalue weighted by Gasteiger charge is -2.17. The number of carbonyl (C=O) groups is 1. The highest BCUT2D eigenvalue weighted by atomic mass is 16.1. The zero-order valence-corrected chi connectivity index (χ0v) is 12.7. The van der Waals surface area contributed by atoms with Gasteiger partial charge in [0.05, 0.1) is 0 Å². The molecule has 2 N–H and O–H groups in total. The number of nitrogens with one attached hydrogen (secondary N) is 2. The average Bonchev–Trinajstić information content (AvgIpc) is 2.91. The zero-order valence-electron chi connectivity index (χ0n) is 12.7. The van der Waals surface area contributed by atoms with Crippen LogP contribution in [0.4, 0.5) is 11.4 Å². The quantitative estimate of drug-likeness (QED) is 0.867. The van der Waals surface area contributed by atoms with Crippen molar-refractivity contribution in [1.29, 1.82) is 0 Å². The monoisotopic (exact) mass is 275 g/mol. The molecule has 0 radical (unpaired) electrons. The van der Waals surface area contributed by atoms with Crippen LogP contribution in [0.15, 0.2) is 18.2 Å². The summed E-state index contributed by atoms with van der Waals surface area (Å²) in [6, 6.07) is 6.05. The van der Waals surface area contributed by atoms with Gasteiger partial charge in [-0.2, -0.15) is 0 Å². The second-order valence-electron chi connectivity index (χ2n) is 5.84. The summed E-state index contributed by atoms with van der Waals surface area (Å²) >= 11 is 0. The first-order valence-corrected chi connectivity index (χ1v) is 7.35. The van der Waals surface area contributed by atoms with Crippen molar-refractivity contribution in [3.63, 3.8) is 0 Å². The van der Waals surface area contributed by atoms with E-state index in [4.69, 9.17) is 0 Å². The minimum Gasteiger partial charge on any atom is -0.377 e. The van der Waals surface area contributed by atoms with Gasteiger partial charge in [-0.3, -0.25) is 4.79 Å². The van der Waals surface area contributed by atoms with Gasteiger partial charge in [0.15, 0.2) is 0 Å². The normalized spacial score (nSPS) is 18.1. The van der Waals surface area contributed by atoms with E-state index >= 15 is 0 Å². The molecule has 4 nitrogen and oxygen atoms in total. The fraction of sp³-hybridized carbons (Fsp3) is 0.562. The van der Waals surface area contributed by atoms with E-state index in [1.165, 1.54) is 12.0 Å². The predicted molar refractivity (Wildman–Crippen MR) is 84.3 cm³/mol. The summed E-state index contributed by atoms with van der Waals surface area (Å²) in [6.07, 6.45) is 2.78. The molecule has 2 rings (SSSR count). The second-order valence-corrected chi connectivity index (χ2v) is 5.84. The summed E-state index contributed by atoms with van der Waals surface area (Å²) in [5.41, 5.74) is 3.24. The van der Waals surface area contributed by atoms with Crippen molar-refractivity contribution in [2.45, 2.75) is 26.2 Å². The van der Waals surface area contributed by atoms with Gasteiger partial charge in [0, 0.05) is 31.9 Å². The zero-order chi connectivity index (χ0) is 14.5. The number of aryl methyl sites for hydroxylation is 1. The Morgan fingerprint density at radius 2 is 2.25 bits per heavy atom. The van der Waals surface area contributed by atoms with Crippen molar-refractivity contribution in [2.24, 2.45) is 5.92 Å². The number of rotatable bonds is 5. The van der Waals surface area contributed by atoms with Crippen LogP contribution in [0.3, 0.4) is 0 Å². The van der Waals surface area contributed by atoms with Crippen molar-refractivity contribution in [3.05, 3.63) is 23.8 Å². The van der Waals surface area contributed by atoms with Gasteiger partial charge in [0.2, 0.25) is 5.91 Å². The molecule has 1 unspecified atom stereocenters. The summed E-state index contributed by atoms with van der Waals surface area (Å²) in [6.45, 7) is 4.23. The van der Waals surface area contributed by atoms with Crippen LogP contribution in [0.2, 0.25) is 0 Å². The molecule has 0 aliphatic carbocycles. The van der Waals surface area contributed by atoms with Gasteiger partial charge < -0.3 is 15.5 Å². The third-order valence-corrected chi connectivity index (χ3v) is 3.92. The maximum Gasteiger partial charge on any atom is 0.224 e. The van der Waals surface area contributed by atoms with E-state index in [1.807, 2.05) is 32.3 Å². The van der Waals surface area contributed by atoms with Crippen LogP contribution in [0, 0.1) is 12.8 Å². The predicted octanol–water partition coefficient (Wildman–Crippen LogP) is 2.39. The van der Waals surface area contributed by atoms with E-state index in [2.05, 4.69) is 22.5 Å². The number of amides is 1. The number of carbonyl (C=O) groups excluding carboxylic acids is 1. The molecule has 1 aliphatic rings. The largest absolute Gasteiger partial charge is 0.377 e. The lowest BCUT2D eigenvalue weighted by atomic mass is 10.0. The Bertz CT molecular complexity index is 465. The minimum atomic E-state index is 0.116. The first-order valence-electron chi connectivity index (χ1n) is 7.35. The smallest absolute Gasteiger partial charge is 0.224 e. The molecule has 0 saturated carbocycles. The van der Waals surface area contributed by atoms with Crippen LogP contribution in [0.1, 0.15) is 24.8 Å². The second kappa shape index (κ2) is 6.75. The molecule has 4 heteroatoms. The van der Waals surface area contributed by atoms with E-state index in [0.717, 1.165) is 30.9 Å². The molecule has 0 bridgehead atoms. The highest BCUT2D eigenvalue weighted by molar-refractivity contribution is 5.91. The van der Waals surface area contributed by atoms with Crippen molar-refractivity contribution in [1.82, 2.24) is 5.32 Å². The molecule has 0 aromatic heterocycles. The Morgan fingerprint density at radius 1 is 1.45 bits per heavy atom. The lowest BCUT2D eigenvalue weighted by molar-refractivity contribution is -0.116. The fourth-order valence-electron chi connectivity index (χ4n) is 2.69. The Hall–Kier alpha value is -1.55. The Morgan fingerprint density at radius 3 is 2.90 bits per heavy atom. The number of hydrogen-bond acceptors (Lipinski definition) is 3. The Balaban J connectivity index is 1.88. The van der Waals surface area contributed by atoms with E-state index in [0.29, 0.717) is 12.3 Å². The molecule has 1 aliphatic heterocycles. The molecular formula is C16H25N3O. The molecule has 1 fully saturated rings. The Labute approximate surface area is 121 Å². The van der Waals surface area contributed by atoms with Crippen molar-refractivity contribution in [2.75, 3.05) is 37.4 Å². The molecule has 1 atom stereocenters. The number of hydrogen-bond donors (Lipinski definition) is 2. The molecule has 1 saturated heterocycles. The van der Waals surface area contributed by atoms with Gasteiger partial charge in [0.1, 0.15) is 0 Å². The van der Waals surface area contributed by atoms with Crippen LogP contribution in [-0.2, 0) is 4.79 Å². The standard InChI is InChI=1S/C16H25N3O/c1-12-4-6-14(10-15(12)19(2)3)18-16(20)7-5-13-8-9-17-11-13/h4,6,10,13,17H,5,7-9,11H2,1-3H3,(H,18,20). The minimum absolute atomic E-state index is 0.116. The summed E-state index contributed by atoms with van der Waals surface area (Å²) in [7, 11) is 4.03. The topological polar surface area (TPSA) is 44.4 Å². The SMILES string of the molecule is Cc1ccc(NC(=O)CCC2CCNC2)cc1N(C)C. The van der Waals surface area contributed by atoms with Crippen LogP contribution < -0.4 is 15.5 Å². The van der Waals surface area contributed by atoms with Crippen LogP contribution in [0.5, 0.6) is 0 Å². The number of nitrogens with zero attached hydrogens (tertiary/aromatic N) is 1. The molecule has 0 spiro atoms. The first kappa shape index (κ1) is 14.9. The summed E-state index contributed by atoms with van der Waals surface area (Å²) in [5, 5.41) is 6.34. The van der Waals surface area contributed by atoms with Gasteiger partial charge >= 0.3 is 0 Å². The van der Waals surface area contributed by atoms with Gasteiger partial charge in [-0.1, -0.05) is 6.07 Å². The van der Waals surface area contributed by atoms with Crippen LogP contribution in [-0.4, -0.2) is 33.1 Å². The van der Waals surface area contributed by atoms with Crippen molar-refractivity contribution < 1.29 is 4.79 Å². The summed E-state index contributed by atoms with van der Waals surface area (Å²) < 4.78 is 0. The fourth-order valence-corrected chi connectivity index (χ4v) is 2.69. The van der Waals surface area contributed by atoms with E-state index in [-0.39, 0.29) is 5.91 Å². The summed E-state index contributed by atoms with van der Waals surface area (Å²) in [4.78, 5) is 14.1. The van der Waals surface area contributed by atoms with Crippen molar-refractivity contribution >= 4 is 17.3 Å². The molecule has 20 heavy (non-hydrogen) atoms. The molecule has 1 aromatic carbocycles. The number of benzene rings is 1. The average molecular weight is 275 g/mol. The number of anilines is 2. The highest BCUT2D eigenvalue weighted by Crippen LogP contribution is 2.23. The van der Waals surface area contributed by atoms with Crippen LogP contribution in [0.25, 0.3) is 0 Å². The van der Waals surface area contributed by atoms with Gasteiger partial charge in [-0.25, -0.2) is 0 Å². The van der Waals surface area contributed by atoms with E-state index < -0.39 is 0 Å². The molecular weight excluding hydrogens is 250 g/mol. The van der Waals surface area contributed by atoms with E-state index in [9.17, 15) is 4.79 Å². The Kier molecular flexibility index (Phi) is 5.01. The van der Waals surface area contributed by atoms with Crippen LogP contribution >= 0.6 is 0 Å². The van der Waals surface area contributed by atoms with Gasteiger partial charge in [-0.15, -0.1) is 0 Å². The first-order chi connectivity index (χ1) is 9.56. The third-order valence-electron chi connectivity index (χ3n) is 3.92.